The molecule has 10 heteroatoms. The smallest absolute Gasteiger partial charge is 0.330 e. The second-order valence-corrected chi connectivity index (χ2v) is 9.95. The summed E-state index contributed by atoms with van der Waals surface area (Å²) < 4.78 is 12.7. The Morgan fingerprint density at radius 3 is 2.58 bits per heavy atom. The molecule has 2 saturated heterocycles. The molecule has 10 nitrogen and oxygen atoms in total. The van der Waals surface area contributed by atoms with Gasteiger partial charge in [-0.15, -0.1) is 0 Å². The summed E-state index contributed by atoms with van der Waals surface area (Å²) in [4.78, 5) is 54.9. The summed E-state index contributed by atoms with van der Waals surface area (Å²) in [6.45, 7) is 2.02. The number of ether oxygens (including phenoxy) is 2. The highest BCUT2D eigenvalue weighted by atomic mass is 16.5. The van der Waals surface area contributed by atoms with Crippen LogP contribution in [0.4, 0.5) is 4.79 Å². The Kier molecular flexibility index (Phi) is 6.07. The molecule has 0 aliphatic carbocycles. The third-order valence-electron chi connectivity index (χ3n) is 7.71. The second kappa shape index (κ2) is 9.09. The fourth-order valence-corrected chi connectivity index (χ4v) is 5.99. The third-order valence-corrected chi connectivity index (χ3v) is 7.71. The summed E-state index contributed by atoms with van der Waals surface area (Å²) in [5.74, 6) is 0.291. The molecule has 3 aliphatic heterocycles. The number of barbiturate groups is 1. The molecule has 5 rings (SSSR count). The Labute approximate surface area is 208 Å². The maximum atomic E-state index is 13.7. The van der Waals surface area contributed by atoms with Gasteiger partial charge >= 0.3 is 6.03 Å². The Bertz CT molecular complexity index is 1290. The van der Waals surface area contributed by atoms with Gasteiger partial charge in [0.2, 0.25) is 11.8 Å². The van der Waals surface area contributed by atoms with Gasteiger partial charge < -0.3 is 18.9 Å². The highest BCUT2D eigenvalue weighted by molar-refractivity contribution is 6.19. The molecule has 36 heavy (non-hydrogen) atoms. The van der Waals surface area contributed by atoms with Crippen molar-refractivity contribution in [3.8, 4) is 11.5 Å². The molecule has 0 radical (unpaired) electrons. The SMILES string of the molecule is COc1ccc(CC2(CN3CC4CC(C3)c3cccc(=O)n3C4)C(=O)NC(=O)N(C)C2=O)c(OC)c1. The van der Waals surface area contributed by atoms with Gasteiger partial charge in [0, 0.05) is 63.4 Å². The van der Waals surface area contributed by atoms with Crippen LogP contribution in [0.1, 0.15) is 23.6 Å². The zero-order chi connectivity index (χ0) is 25.6. The lowest BCUT2D eigenvalue weighted by Gasteiger charge is -2.47. The number of benzene rings is 1. The van der Waals surface area contributed by atoms with Gasteiger partial charge in [0.05, 0.1) is 14.2 Å². The topological polar surface area (TPSA) is 110 Å². The maximum absolute atomic E-state index is 13.7. The van der Waals surface area contributed by atoms with E-state index in [1.165, 1.54) is 14.2 Å². The molecule has 2 aromatic rings. The maximum Gasteiger partial charge on any atom is 0.330 e. The van der Waals surface area contributed by atoms with Gasteiger partial charge in [0.25, 0.3) is 5.56 Å². The highest BCUT2D eigenvalue weighted by Gasteiger charge is 2.54. The Morgan fingerprint density at radius 2 is 1.83 bits per heavy atom. The van der Waals surface area contributed by atoms with E-state index in [-0.39, 0.29) is 30.4 Å². The summed E-state index contributed by atoms with van der Waals surface area (Å²) >= 11 is 0. The first-order valence-electron chi connectivity index (χ1n) is 12.0. The van der Waals surface area contributed by atoms with Crippen LogP contribution in [0.2, 0.25) is 0 Å². The van der Waals surface area contributed by atoms with E-state index in [1.807, 2.05) is 10.6 Å². The van der Waals surface area contributed by atoms with Crippen LogP contribution < -0.4 is 20.3 Å². The molecule has 4 heterocycles. The van der Waals surface area contributed by atoms with Crippen molar-refractivity contribution < 1.29 is 23.9 Å². The average molecular weight is 495 g/mol. The lowest BCUT2D eigenvalue weighted by Crippen LogP contribution is -2.67. The number of amides is 4. The molecule has 1 aromatic heterocycles. The van der Waals surface area contributed by atoms with Crippen LogP contribution in [0.25, 0.3) is 0 Å². The molecule has 1 aromatic carbocycles. The predicted octanol–water partition coefficient (Wildman–Crippen LogP) is 1.22. The number of carbonyl (C=O) groups excluding carboxylic acids is 3. The number of rotatable bonds is 6. The average Bonchev–Trinajstić information content (AvgIpc) is 2.87. The molecule has 0 spiro atoms. The Hall–Kier alpha value is -3.66. The number of methoxy groups -OCH3 is 2. The Morgan fingerprint density at radius 1 is 1.03 bits per heavy atom. The number of imide groups is 2. The standard InChI is InChI=1S/C26H30N4O6/c1-28-24(33)26(23(32)27-25(28)34,11-17-7-8-19(35-2)10-21(17)36-3)15-29-12-16-9-18(14-29)20-5-4-6-22(31)30(20)13-16/h4-8,10,16,18H,9,11-15H2,1-3H3,(H,27,32,34). The molecule has 0 saturated carbocycles. The van der Waals surface area contributed by atoms with Gasteiger partial charge in [-0.25, -0.2) is 4.79 Å². The minimum absolute atomic E-state index is 0.000643. The van der Waals surface area contributed by atoms with Crippen LogP contribution in [-0.2, 0) is 22.6 Å². The number of urea groups is 1. The van der Waals surface area contributed by atoms with Crippen LogP contribution in [0.5, 0.6) is 11.5 Å². The summed E-state index contributed by atoms with van der Waals surface area (Å²) in [6, 6.07) is 9.86. The van der Waals surface area contributed by atoms with E-state index in [9.17, 15) is 19.2 Å². The van der Waals surface area contributed by atoms with Crippen LogP contribution in [0.3, 0.4) is 0 Å². The predicted molar refractivity (Wildman–Crippen MR) is 130 cm³/mol. The van der Waals surface area contributed by atoms with Crippen molar-refractivity contribution in [3.05, 3.63) is 58.0 Å². The van der Waals surface area contributed by atoms with Crippen molar-refractivity contribution in [2.75, 3.05) is 40.9 Å². The number of carbonyl (C=O) groups is 3. The van der Waals surface area contributed by atoms with E-state index < -0.39 is 23.3 Å². The quantitative estimate of drug-likeness (QED) is 0.602. The van der Waals surface area contributed by atoms with E-state index in [4.69, 9.17) is 9.47 Å². The lowest BCUT2D eigenvalue weighted by molar-refractivity contribution is -0.152. The van der Waals surface area contributed by atoms with Crippen molar-refractivity contribution in [3.63, 3.8) is 0 Å². The van der Waals surface area contributed by atoms with Crippen LogP contribution >= 0.6 is 0 Å². The number of fused-ring (bicyclic) bond motifs is 4. The second-order valence-electron chi connectivity index (χ2n) is 9.95. The largest absolute Gasteiger partial charge is 0.497 e. The summed E-state index contributed by atoms with van der Waals surface area (Å²) in [7, 11) is 4.46. The molecule has 3 unspecified atom stereocenters. The number of likely N-dealkylation sites (tertiary alicyclic amines) is 1. The van der Waals surface area contributed by atoms with Crippen molar-refractivity contribution in [1.29, 1.82) is 0 Å². The van der Waals surface area contributed by atoms with Gasteiger partial charge in [0.1, 0.15) is 16.9 Å². The number of aromatic nitrogens is 1. The molecule has 190 valence electrons. The number of nitrogens with one attached hydrogen (secondary N) is 1. The number of hydrogen-bond acceptors (Lipinski definition) is 7. The fraction of sp³-hybridized carbons (Fsp3) is 0.462. The first-order chi connectivity index (χ1) is 17.3. The van der Waals surface area contributed by atoms with Crippen LogP contribution in [0.15, 0.2) is 41.2 Å². The molecular weight excluding hydrogens is 464 g/mol. The molecule has 3 atom stereocenters. The zero-order valence-corrected chi connectivity index (χ0v) is 20.7. The minimum Gasteiger partial charge on any atom is -0.497 e. The van der Waals surface area contributed by atoms with Crippen molar-refractivity contribution in [2.45, 2.75) is 25.3 Å². The summed E-state index contributed by atoms with van der Waals surface area (Å²) in [6.07, 6.45) is 1.02. The van der Waals surface area contributed by atoms with E-state index in [2.05, 4.69) is 10.2 Å². The van der Waals surface area contributed by atoms with Crippen LogP contribution in [0, 0.1) is 11.3 Å². The number of piperidine rings is 1. The highest BCUT2D eigenvalue weighted by Crippen LogP contribution is 2.39. The first-order valence-corrected chi connectivity index (χ1v) is 12.0. The minimum atomic E-state index is -1.52. The van der Waals surface area contributed by atoms with Gasteiger partial charge in [-0.1, -0.05) is 12.1 Å². The summed E-state index contributed by atoms with van der Waals surface area (Å²) in [5.41, 5.74) is 0.132. The molecule has 2 fully saturated rings. The van der Waals surface area contributed by atoms with Gasteiger partial charge in [-0.3, -0.25) is 24.6 Å². The normalized spacial score (nSPS) is 25.9. The number of nitrogens with zero attached hydrogens (tertiary/aromatic N) is 3. The monoisotopic (exact) mass is 494 g/mol. The van der Waals surface area contributed by atoms with Gasteiger partial charge in [-0.2, -0.15) is 0 Å². The molecular formula is C26H30N4O6. The summed E-state index contributed by atoms with van der Waals surface area (Å²) in [5, 5.41) is 2.38. The van der Waals surface area contributed by atoms with E-state index >= 15 is 0 Å². The molecule has 3 aliphatic rings. The van der Waals surface area contributed by atoms with Gasteiger partial charge in [-0.05, 0) is 30.0 Å². The van der Waals surface area contributed by atoms with Crippen LogP contribution in [-0.4, -0.2) is 73.1 Å². The van der Waals surface area contributed by atoms with Crippen molar-refractivity contribution >= 4 is 17.8 Å². The first kappa shape index (κ1) is 24.1. The number of pyridine rings is 1. The fourth-order valence-electron chi connectivity index (χ4n) is 5.99. The molecule has 4 amide bonds. The molecule has 1 N–H and O–H groups in total. The van der Waals surface area contributed by atoms with Crippen molar-refractivity contribution in [1.82, 2.24) is 19.7 Å². The third kappa shape index (κ3) is 3.95. The van der Waals surface area contributed by atoms with E-state index in [1.54, 1.807) is 37.4 Å². The van der Waals surface area contributed by atoms with E-state index in [0.29, 0.717) is 36.7 Å². The van der Waals surface area contributed by atoms with Crippen molar-refractivity contribution in [2.24, 2.45) is 11.3 Å². The number of hydrogen-bond donors (Lipinski definition) is 1. The van der Waals surface area contributed by atoms with Gasteiger partial charge in [0.15, 0.2) is 0 Å². The molecule has 2 bridgehead atoms. The zero-order valence-electron chi connectivity index (χ0n) is 20.7. The van der Waals surface area contributed by atoms with E-state index in [0.717, 1.165) is 17.0 Å². The Balaban J connectivity index is 1.50. The lowest BCUT2D eigenvalue weighted by atomic mass is 9.75.